The van der Waals surface area contributed by atoms with Gasteiger partial charge in [-0.3, -0.25) is 0 Å². The molecular formula is C11H16N2O2. The van der Waals surface area contributed by atoms with Gasteiger partial charge in [-0.25, -0.2) is 19.6 Å². The number of hydrogen-bond acceptors (Lipinski definition) is 4. The molecule has 1 saturated carbocycles. The number of isocyanates is 2. The number of aliphatic imine (C=N–C) groups is 2. The predicted molar refractivity (Wildman–Crippen MR) is 56.0 cm³/mol. The summed E-state index contributed by atoms with van der Waals surface area (Å²) in [5, 5.41) is 0. The van der Waals surface area contributed by atoms with E-state index in [2.05, 4.69) is 9.98 Å². The first kappa shape index (κ1) is 11.8. The van der Waals surface area contributed by atoms with Gasteiger partial charge in [0.15, 0.2) is 0 Å². The lowest BCUT2D eigenvalue weighted by Crippen LogP contribution is -2.18. The zero-order valence-corrected chi connectivity index (χ0v) is 8.82. The fourth-order valence-electron chi connectivity index (χ4n) is 2.29. The first-order valence-electron chi connectivity index (χ1n) is 5.44. The van der Waals surface area contributed by atoms with Gasteiger partial charge in [0.05, 0.1) is 13.1 Å². The van der Waals surface area contributed by atoms with Crippen molar-refractivity contribution in [1.82, 2.24) is 0 Å². The molecule has 0 spiro atoms. The molecule has 82 valence electrons. The fraction of sp³-hybridized carbons (Fsp3) is 0.818. The minimum atomic E-state index is 0.519. The Bertz CT molecular complexity index is 278. The van der Waals surface area contributed by atoms with Gasteiger partial charge in [-0.15, -0.1) is 0 Å². The number of rotatable bonds is 5. The normalized spacial score (nSPS) is 25.1. The largest absolute Gasteiger partial charge is 0.234 e. The molecule has 0 saturated heterocycles. The van der Waals surface area contributed by atoms with Crippen LogP contribution in [-0.2, 0) is 9.59 Å². The Hall–Kier alpha value is -1.24. The van der Waals surface area contributed by atoms with Crippen LogP contribution < -0.4 is 0 Å². The molecule has 0 aromatic heterocycles. The third-order valence-electron chi connectivity index (χ3n) is 3.02. The highest BCUT2D eigenvalue weighted by molar-refractivity contribution is 5.33. The van der Waals surface area contributed by atoms with Crippen molar-refractivity contribution in [3.63, 3.8) is 0 Å². The van der Waals surface area contributed by atoms with E-state index >= 15 is 0 Å². The molecular weight excluding hydrogens is 192 g/mol. The van der Waals surface area contributed by atoms with Crippen molar-refractivity contribution in [2.45, 2.75) is 32.1 Å². The molecule has 0 aliphatic heterocycles. The van der Waals surface area contributed by atoms with Crippen LogP contribution in [0.15, 0.2) is 9.98 Å². The molecule has 0 N–H and O–H groups in total. The summed E-state index contributed by atoms with van der Waals surface area (Å²) in [7, 11) is 0. The van der Waals surface area contributed by atoms with Crippen molar-refractivity contribution in [2.24, 2.45) is 21.8 Å². The number of carbonyl (C=O) groups excluding carboxylic acids is 2. The lowest BCUT2D eigenvalue weighted by atomic mass is 9.80. The molecule has 0 radical (unpaired) electrons. The Morgan fingerprint density at radius 3 is 2.53 bits per heavy atom. The summed E-state index contributed by atoms with van der Waals surface area (Å²) >= 11 is 0. The molecule has 0 heterocycles. The molecule has 4 heteroatoms. The Balaban J connectivity index is 2.28. The summed E-state index contributed by atoms with van der Waals surface area (Å²) in [5.74, 6) is 1.15. The molecule has 1 aliphatic carbocycles. The average molecular weight is 208 g/mol. The smallest absolute Gasteiger partial charge is 0.211 e. The number of nitrogens with zero attached hydrogens (tertiary/aromatic N) is 2. The zero-order valence-electron chi connectivity index (χ0n) is 8.82. The van der Waals surface area contributed by atoms with Crippen molar-refractivity contribution in [2.75, 3.05) is 13.1 Å². The summed E-state index contributed by atoms with van der Waals surface area (Å²) in [6.45, 7) is 1.19. The Morgan fingerprint density at radius 2 is 1.80 bits per heavy atom. The van der Waals surface area contributed by atoms with E-state index in [1.54, 1.807) is 12.2 Å². The van der Waals surface area contributed by atoms with Gasteiger partial charge < -0.3 is 0 Å². The summed E-state index contributed by atoms with van der Waals surface area (Å²) in [6.07, 6.45) is 8.74. The molecule has 0 aromatic carbocycles. The Labute approximate surface area is 89.5 Å². The molecule has 1 rings (SSSR count). The van der Waals surface area contributed by atoms with Gasteiger partial charge in [0.1, 0.15) is 0 Å². The van der Waals surface area contributed by atoms with Crippen molar-refractivity contribution < 1.29 is 9.59 Å². The van der Waals surface area contributed by atoms with Crippen molar-refractivity contribution in [3.05, 3.63) is 0 Å². The standard InChI is InChI=1S/C11H16N2O2/c14-8-12-5-4-10-2-1-3-11(6-10)7-13-9-15/h10-11H,1-7H2. The van der Waals surface area contributed by atoms with E-state index in [0.717, 1.165) is 19.3 Å². The maximum Gasteiger partial charge on any atom is 0.234 e. The maximum absolute atomic E-state index is 9.99. The summed E-state index contributed by atoms with van der Waals surface area (Å²) in [6, 6.07) is 0. The predicted octanol–water partition coefficient (Wildman–Crippen LogP) is 1.85. The van der Waals surface area contributed by atoms with Crippen LogP contribution in [-0.4, -0.2) is 25.2 Å². The van der Waals surface area contributed by atoms with E-state index in [1.807, 2.05) is 0 Å². The van der Waals surface area contributed by atoms with Crippen LogP contribution >= 0.6 is 0 Å². The Kier molecular flexibility index (Phi) is 5.60. The van der Waals surface area contributed by atoms with Crippen LogP contribution in [0.2, 0.25) is 0 Å². The Morgan fingerprint density at radius 1 is 1.07 bits per heavy atom. The minimum Gasteiger partial charge on any atom is -0.211 e. The van der Waals surface area contributed by atoms with Crippen LogP contribution in [0, 0.1) is 11.8 Å². The molecule has 1 fully saturated rings. The van der Waals surface area contributed by atoms with Crippen LogP contribution in [0.3, 0.4) is 0 Å². The van der Waals surface area contributed by atoms with Gasteiger partial charge in [0.25, 0.3) is 0 Å². The van der Waals surface area contributed by atoms with Gasteiger partial charge >= 0.3 is 0 Å². The highest BCUT2D eigenvalue weighted by Gasteiger charge is 2.21. The van der Waals surface area contributed by atoms with Crippen LogP contribution in [0.5, 0.6) is 0 Å². The average Bonchev–Trinajstić information content (AvgIpc) is 2.27. The monoisotopic (exact) mass is 208 g/mol. The molecule has 15 heavy (non-hydrogen) atoms. The first-order valence-corrected chi connectivity index (χ1v) is 5.44. The van der Waals surface area contributed by atoms with E-state index in [4.69, 9.17) is 0 Å². The molecule has 4 nitrogen and oxygen atoms in total. The zero-order chi connectivity index (χ0) is 10.9. The van der Waals surface area contributed by atoms with Crippen molar-refractivity contribution in [3.8, 4) is 0 Å². The molecule has 0 aromatic rings. The van der Waals surface area contributed by atoms with Crippen LogP contribution in [0.1, 0.15) is 32.1 Å². The molecule has 2 unspecified atom stereocenters. The summed E-state index contributed by atoms with van der Waals surface area (Å²) in [4.78, 5) is 27.1. The van der Waals surface area contributed by atoms with E-state index in [1.165, 1.54) is 12.8 Å². The SMILES string of the molecule is O=C=NCCC1CCCC(CN=C=O)C1. The van der Waals surface area contributed by atoms with Gasteiger partial charge in [0, 0.05) is 0 Å². The topological polar surface area (TPSA) is 58.9 Å². The third kappa shape index (κ3) is 4.68. The molecule has 0 amide bonds. The van der Waals surface area contributed by atoms with E-state index < -0.39 is 0 Å². The second kappa shape index (κ2) is 7.10. The minimum absolute atomic E-state index is 0.519. The van der Waals surface area contributed by atoms with E-state index in [0.29, 0.717) is 24.9 Å². The quantitative estimate of drug-likeness (QED) is 0.511. The lowest BCUT2D eigenvalue weighted by Gasteiger charge is -2.27. The molecule has 0 bridgehead atoms. The van der Waals surface area contributed by atoms with Gasteiger partial charge in [-0.1, -0.05) is 12.8 Å². The van der Waals surface area contributed by atoms with E-state index in [9.17, 15) is 9.59 Å². The first-order chi connectivity index (χ1) is 7.36. The van der Waals surface area contributed by atoms with Crippen molar-refractivity contribution >= 4 is 12.2 Å². The maximum atomic E-state index is 9.99. The van der Waals surface area contributed by atoms with E-state index in [-0.39, 0.29) is 0 Å². The van der Waals surface area contributed by atoms with Gasteiger partial charge in [-0.05, 0) is 31.1 Å². The fourth-order valence-corrected chi connectivity index (χ4v) is 2.29. The molecule has 2 atom stereocenters. The van der Waals surface area contributed by atoms with Crippen LogP contribution in [0.4, 0.5) is 0 Å². The molecule has 1 aliphatic rings. The third-order valence-corrected chi connectivity index (χ3v) is 3.02. The second-order valence-electron chi connectivity index (χ2n) is 4.09. The van der Waals surface area contributed by atoms with Crippen LogP contribution in [0.25, 0.3) is 0 Å². The number of hydrogen-bond donors (Lipinski definition) is 0. The highest BCUT2D eigenvalue weighted by Crippen LogP contribution is 2.31. The van der Waals surface area contributed by atoms with Gasteiger partial charge in [-0.2, -0.15) is 0 Å². The summed E-state index contributed by atoms with van der Waals surface area (Å²) in [5.41, 5.74) is 0. The van der Waals surface area contributed by atoms with Crippen molar-refractivity contribution in [1.29, 1.82) is 0 Å². The second-order valence-corrected chi connectivity index (χ2v) is 4.09. The van der Waals surface area contributed by atoms with Gasteiger partial charge in [0.2, 0.25) is 12.2 Å². The highest BCUT2D eigenvalue weighted by atomic mass is 16.1. The summed E-state index contributed by atoms with van der Waals surface area (Å²) < 4.78 is 0. The lowest BCUT2D eigenvalue weighted by molar-refractivity contribution is 0.263.